The molecular weight excluding hydrogens is 219 g/mol. The van der Waals surface area contributed by atoms with Gasteiger partial charge in [-0.15, -0.1) is 0 Å². The van der Waals surface area contributed by atoms with Crippen molar-refractivity contribution < 1.29 is 4.39 Å². The first-order valence-electron chi connectivity index (χ1n) is 5.60. The lowest BCUT2D eigenvalue weighted by molar-refractivity contribution is 0.597. The molecule has 90 valence electrons. The summed E-state index contributed by atoms with van der Waals surface area (Å²) in [5.41, 5.74) is 6.69. The third kappa shape index (κ3) is 2.50. The quantitative estimate of drug-likeness (QED) is 0.878. The van der Waals surface area contributed by atoms with Crippen LogP contribution in [0.1, 0.15) is 30.9 Å². The second kappa shape index (κ2) is 5.05. The zero-order chi connectivity index (χ0) is 12.3. The molecule has 0 aliphatic rings. The van der Waals surface area contributed by atoms with E-state index in [1.165, 1.54) is 12.3 Å². The van der Waals surface area contributed by atoms with E-state index in [1.807, 2.05) is 10.8 Å². The predicted octanol–water partition coefficient (Wildman–Crippen LogP) is 1.88. The van der Waals surface area contributed by atoms with Crippen LogP contribution in [-0.2, 0) is 6.54 Å². The maximum atomic E-state index is 12.8. The summed E-state index contributed by atoms with van der Waals surface area (Å²) in [7, 11) is 0. The smallest absolute Gasteiger partial charge is 0.141 e. The van der Waals surface area contributed by atoms with Crippen LogP contribution in [0.4, 0.5) is 4.39 Å². The Morgan fingerprint density at radius 3 is 2.88 bits per heavy atom. The molecule has 2 heterocycles. The van der Waals surface area contributed by atoms with Crippen molar-refractivity contribution in [2.75, 3.05) is 0 Å². The van der Waals surface area contributed by atoms with Crippen molar-refractivity contribution in [3.8, 4) is 0 Å². The monoisotopic (exact) mass is 234 g/mol. The Morgan fingerprint density at radius 2 is 2.24 bits per heavy atom. The third-order valence-corrected chi connectivity index (χ3v) is 2.56. The molecule has 0 bridgehead atoms. The van der Waals surface area contributed by atoms with E-state index >= 15 is 0 Å². The Hall–Kier alpha value is -1.75. The Morgan fingerprint density at radius 1 is 1.41 bits per heavy atom. The molecule has 5 heteroatoms. The highest BCUT2D eigenvalue weighted by Crippen LogP contribution is 2.16. The summed E-state index contributed by atoms with van der Waals surface area (Å²) in [6, 6.07) is 2.53. The molecule has 2 N–H and O–H groups in total. The van der Waals surface area contributed by atoms with E-state index in [4.69, 9.17) is 5.73 Å². The largest absolute Gasteiger partial charge is 0.333 e. The Balaban J connectivity index is 2.26. The molecule has 0 fully saturated rings. The average Bonchev–Trinajstić information content (AvgIpc) is 2.78. The molecule has 1 atom stereocenters. The minimum Gasteiger partial charge on any atom is -0.333 e. The molecule has 2 aromatic rings. The van der Waals surface area contributed by atoms with Crippen LogP contribution in [0.15, 0.2) is 30.7 Å². The van der Waals surface area contributed by atoms with Crippen molar-refractivity contribution in [1.29, 1.82) is 0 Å². The molecule has 1 unspecified atom stereocenters. The van der Waals surface area contributed by atoms with Crippen LogP contribution < -0.4 is 5.73 Å². The summed E-state index contributed by atoms with van der Waals surface area (Å²) in [5, 5.41) is 0. The van der Waals surface area contributed by atoms with Crippen molar-refractivity contribution in [3.63, 3.8) is 0 Å². The van der Waals surface area contributed by atoms with Gasteiger partial charge in [0.1, 0.15) is 17.7 Å². The fraction of sp³-hybridized carbons (Fsp3) is 0.333. The molecule has 2 aromatic heterocycles. The molecule has 0 radical (unpaired) electrons. The standard InChI is InChI=1S/C12H15FN4/c1-2-6-17-7-5-15-12(17)11(14)10-4-3-9(13)8-16-10/h3-5,7-8,11H,2,6,14H2,1H3. The summed E-state index contributed by atoms with van der Waals surface area (Å²) in [4.78, 5) is 8.22. The molecule has 17 heavy (non-hydrogen) atoms. The van der Waals surface area contributed by atoms with Gasteiger partial charge in [-0.05, 0) is 18.6 Å². The van der Waals surface area contributed by atoms with E-state index in [0.717, 1.165) is 18.8 Å². The summed E-state index contributed by atoms with van der Waals surface area (Å²) in [6.07, 6.45) is 5.78. The van der Waals surface area contributed by atoms with Crippen LogP contribution in [0, 0.1) is 5.82 Å². The van der Waals surface area contributed by atoms with E-state index in [9.17, 15) is 4.39 Å². The zero-order valence-electron chi connectivity index (χ0n) is 9.68. The molecule has 0 spiro atoms. The molecule has 0 aliphatic heterocycles. The van der Waals surface area contributed by atoms with Gasteiger partial charge in [0.05, 0.1) is 11.9 Å². The fourth-order valence-electron chi connectivity index (χ4n) is 1.73. The second-order valence-corrected chi connectivity index (χ2v) is 3.86. The fourth-order valence-corrected chi connectivity index (χ4v) is 1.73. The van der Waals surface area contributed by atoms with Crippen molar-refractivity contribution in [2.24, 2.45) is 5.73 Å². The van der Waals surface area contributed by atoms with Gasteiger partial charge >= 0.3 is 0 Å². The van der Waals surface area contributed by atoms with E-state index in [0.29, 0.717) is 5.69 Å². The van der Waals surface area contributed by atoms with Gasteiger partial charge in [-0.1, -0.05) is 6.92 Å². The molecule has 0 aromatic carbocycles. The number of halogens is 1. The van der Waals surface area contributed by atoms with Gasteiger partial charge in [-0.25, -0.2) is 9.37 Å². The highest BCUT2D eigenvalue weighted by molar-refractivity contribution is 5.17. The van der Waals surface area contributed by atoms with Crippen molar-refractivity contribution in [1.82, 2.24) is 14.5 Å². The highest BCUT2D eigenvalue weighted by atomic mass is 19.1. The summed E-state index contributed by atoms with van der Waals surface area (Å²) >= 11 is 0. The molecular formula is C12H15FN4. The molecule has 0 saturated carbocycles. The second-order valence-electron chi connectivity index (χ2n) is 3.86. The summed E-state index contributed by atoms with van der Waals surface area (Å²) in [5.74, 6) is 0.392. The van der Waals surface area contributed by atoms with Gasteiger partial charge < -0.3 is 10.3 Å². The lowest BCUT2D eigenvalue weighted by Crippen LogP contribution is -2.19. The number of imidazole rings is 1. The number of hydrogen-bond donors (Lipinski definition) is 1. The lowest BCUT2D eigenvalue weighted by Gasteiger charge is -2.13. The first kappa shape index (κ1) is 11.7. The third-order valence-electron chi connectivity index (χ3n) is 2.56. The number of pyridine rings is 1. The average molecular weight is 234 g/mol. The number of hydrogen-bond acceptors (Lipinski definition) is 3. The maximum Gasteiger partial charge on any atom is 0.141 e. The Labute approximate surface area is 99.3 Å². The Bertz CT molecular complexity index is 478. The number of aryl methyl sites for hydroxylation is 1. The topological polar surface area (TPSA) is 56.7 Å². The lowest BCUT2D eigenvalue weighted by atomic mass is 10.2. The number of nitrogens with two attached hydrogens (primary N) is 1. The summed E-state index contributed by atoms with van der Waals surface area (Å²) in [6.45, 7) is 2.95. The Kier molecular flexibility index (Phi) is 3.49. The van der Waals surface area contributed by atoms with E-state index in [-0.39, 0.29) is 5.82 Å². The molecule has 4 nitrogen and oxygen atoms in total. The predicted molar refractivity (Wildman–Crippen MR) is 62.7 cm³/mol. The van der Waals surface area contributed by atoms with E-state index in [2.05, 4.69) is 16.9 Å². The van der Waals surface area contributed by atoms with Crippen LogP contribution in [-0.4, -0.2) is 14.5 Å². The van der Waals surface area contributed by atoms with Gasteiger partial charge in [0.15, 0.2) is 0 Å². The van der Waals surface area contributed by atoms with Gasteiger partial charge in [0.25, 0.3) is 0 Å². The first-order valence-corrected chi connectivity index (χ1v) is 5.60. The number of rotatable bonds is 4. The minimum absolute atomic E-state index is 0.363. The van der Waals surface area contributed by atoms with Crippen LogP contribution >= 0.6 is 0 Å². The number of aromatic nitrogens is 3. The summed E-state index contributed by atoms with van der Waals surface area (Å²) < 4.78 is 14.8. The van der Waals surface area contributed by atoms with E-state index < -0.39 is 6.04 Å². The van der Waals surface area contributed by atoms with Gasteiger partial charge in [-0.3, -0.25) is 4.98 Å². The normalized spacial score (nSPS) is 12.6. The van der Waals surface area contributed by atoms with E-state index in [1.54, 1.807) is 12.3 Å². The van der Waals surface area contributed by atoms with Crippen LogP contribution in [0.25, 0.3) is 0 Å². The van der Waals surface area contributed by atoms with Gasteiger partial charge in [0, 0.05) is 18.9 Å². The van der Waals surface area contributed by atoms with Crippen LogP contribution in [0.3, 0.4) is 0 Å². The molecule has 2 rings (SSSR count). The molecule has 0 aliphatic carbocycles. The first-order chi connectivity index (χ1) is 8.22. The maximum absolute atomic E-state index is 12.8. The zero-order valence-corrected chi connectivity index (χ0v) is 9.68. The number of nitrogens with zero attached hydrogens (tertiary/aromatic N) is 3. The minimum atomic E-state index is -0.419. The molecule has 0 saturated heterocycles. The van der Waals surface area contributed by atoms with Crippen molar-refractivity contribution in [3.05, 3.63) is 48.1 Å². The van der Waals surface area contributed by atoms with Crippen LogP contribution in [0.2, 0.25) is 0 Å². The van der Waals surface area contributed by atoms with Gasteiger partial charge in [-0.2, -0.15) is 0 Å². The SMILES string of the molecule is CCCn1ccnc1C(N)c1ccc(F)cn1. The highest BCUT2D eigenvalue weighted by Gasteiger charge is 2.15. The van der Waals surface area contributed by atoms with Crippen molar-refractivity contribution in [2.45, 2.75) is 25.9 Å². The molecule has 0 amide bonds. The van der Waals surface area contributed by atoms with Crippen molar-refractivity contribution >= 4 is 0 Å². The van der Waals surface area contributed by atoms with Gasteiger partial charge in [0.2, 0.25) is 0 Å². The van der Waals surface area contributed by atoms with Crippen LogP contribution in [0.5, 0.6) is 0 Å².